The summed E-state index contributed by atoms with van der Waals surface area (Å²) in [7, 11) is 3.26. The van der Waals surface area contributed by atoms with E-state index in [1.165, 1.54) is 4.90 Å². The van der Waals surface area contributed by atoms with Crippen molar-refractivity contribution in [1.29, 1.82) is 0 Å². The van der Waals surface area contributed by atoms with E-state index in [1.54, 1.807) is 19.0 Å². The summed E-state index contributed by atoms with van der Waals surface area (Å²) in [6.07, 6.45) is 6.07. The zero-order valence-electron chi connectivity index (χ0n) is 19.3. The molecule has 1 unspecified atom stereocenters. The standard InChI is InChI=1S/C21H31ClFN7O4/c1-28(2)20(33)15-8-5-9-30(15)18-16(23)17(24-21(22)25-18)26-27-19(32)14(11-29(34)12-31)10-13-6-3-4-7-13/h12-15,34H,3-11H2,1-2H3,(H,27,32)(H,24,25,26)/t14?,15-/m0/s1. The SMILES string of the molecule is CN(C)C(=O)[C@@H]1CCCN1c1nc(Cl)nc(NNC(=O)C(CC2CCCC2)CN(O)C=O)c1F. The second-order valence-corrected chi connectivity index (χ2v) is 9.33. The van der Waals surface area contributed by atoms with Crippen molar-refractivity contribution >= 4 is 41.5 Å². The molecule has 2 fully saturated rings. The number of rotatable bonds is 10. The first-order valence-electron chi connectivity index (χ1n) is 11.4. The highest BCUT2D eigenvalue weighted by Crippen LogP contribution is 2.32. The highest BCUT2D eigenvalue weighted by Gasteiger charge is 2.35. The summed E-state index contributed by atoms with van der Waals surface area (Å²) in [6, 6.07) is -0.576. The third-order valence-corrected chi connectivity index (χ3v) is 6.52. The smallest absolute Gasteiger partial charge is 0.244 e. The first kappa shape index (κ1) is 25.9. The zero-order valence-corrected chi connectivity index (χ0v) is 20.1. The number of carbonyl (C=O) groups is 3. The van der Waals surface area contributed by atoms with E-state index in [9.17, 15) is 19.6 Å². The lowest BCUT2D eigenvalue weighted by atomic mass is 9.92. The summed E-state index contributed by atoms with van der Waals surface area (Å²) >= 11 is 6.03. The van der Waals surface area contributed by atoms with Crippen LogP contribution in [0.4, 0.5) is 16.0 Å². The lowest BCUT2D eigenvalue weighted by Crippen LogP contribution is -2.44. The number of carbonyl (C=O) groups excluding carboxylic acids is 3. The average Bonchev–Trinajstić information content (AvgIpc) is 3.50. The third kappa shape index (κ3) is 6.23. The van der Waals surface area contributed by atoms with E-state index in [0.717, 1.165) is 25.7 Å². The Balaban J connectivity index is 1.74. The monoisotopic (exact) mass is 499 g/mol. The van der Waals surface area contributed by atoms with Crippen molar-refractivity contribution in [3.8, 4) is 0 Å². The van der Waals surface area contributed by atoms with Gasteiger partial charge in [0.1, 0.15) is 6.04 Å². The van der Waals surface area contributed by atoms with E-state index < -0.39 is 23.7 Å². The van der Waals surface area contributed by atoms with Gasteiger partial charge in [0, 0.05) is 20.6 Å². The summed E-state index contributed by atoms with van der Waals surface area (Å²) in [5.41, 5.74) is 4.88. The van der Waals surface area contributed by atoms with E-state index >= 15 is 4.39 Å². The molecule has 3 N–H and O–H groups in total. The maximum atomic E-state index is 15.3. The molecule has 1 saturated heterocycles. The van der Waals surface area contributed by atoms with Crippen molar-refractivity contribution in [2.24, 2.45) is 11.8 Å². The first-order valence-corrected chi connectivity index (χ1v) is 11.8. The van der Waals surface area contributed by atoms with Gasteiger partial charge in [0.25, 0.3) is 0 Å². The van der Waals surface area contributed by atoms with E-state index in [0.29, 0.717) is 36.8 Å². The van der Waals surface area contributed by atoms with Crippen LogP contribution in [0.5, 0.6) is 0 Å². The molecule has 1 aliphatic heterocycles. The van der Waals surface area contributed by atoms with Crippen molar-refractivity contribution < 1.29 is 24.0 Å². The first-order chi connectivity index (χ1) is 16.2. The normalized spacial score (nSPS) is 19.1. The number of nitrogens with one attached hydrogen (secondary N) is 2. The van der Waals surface area contributed by atoms with Crippen LogP contribution in [0.25, 0.3) is 0 Å². The van der Waals surface area contributed by atoms with Crippen molar-refractivity contribution in [1.82, 2.24) is 25.4 Å². The number of aromatic nitrogens is 2. The van der Waals surface area contributed by atoms with E-state index in [4.69, 9.17) is 11.6 Å². The summed E-state index contributed by atoms with van der Waals surface area (Å²) in [5, 5.41) is 9.79. The number of nitrogens with zero attached hydrogens (tertiary/aromatic N) is 5. The molecule has 1 saturated carbocycles. The van der Waals surface area contributed by atoms with Gasteiger partial charge in [-0.25, -0.2) is 5.06 Å². The minimum Gasteiger partial charge on any atom is -0.347 e. The molecule has 0 spiro atoms. The molecular weight excluding hydrogens is 469 g/mol. The van der Waals surface area contributed by atoms with E-state index in [2.05, 4.69) is 20.8 Å². The summed E-state index contributed by atoms with van der Waals surface area (Å²) in [6.45, 7) is 0.232. The lowest BCUT2D eigenvalue weighted by Gasteiger charge is -2.28. The minimum absolute atomic E-state index is 0.126. The van der Waals surface area contributed by atoms with Gasteiger partial charge >= 0.3 is 0 Å². The van der Waals surface area contributed by atoms with Gasteiger partial charge in [-0.05, 0) is 36.8 Å². The van der Waals surface area contributed by atoms with Crippen LogP contribution in [0.1, 0.15) is 44.9 Å². The van der Waals surface area contributed by atoms with Gasteiger partial charge in [-0.3, -0.25) is 30.4 Å². The Labute approximate surface area is 202 Å². The van der Waals surface area contributed by atoms with Gasteiger partial charge < -0.3 is 9.80 Å². The van der Waals surface area contributed by atoms with Crippen LogP contribution in [0.15, 0.2) is 0 Å². The fourth-order valence-electron chi connectivity index (χ4n) is 4.66. The van der Waals surface area contributed by atoms with Gasteiger partial charge in [0.15, 0.2) is 11.6 Å². The highest BCUT2D eigenvalue weighted by atomic mass is 35.5. The van der Waals surface area contributed by atoms with E-state index in [-0.39, 0.29) is 35.8 Å². The molecule has 34 heavy (non-hydrogen) atoms. The molecule has 188 valence electrons. The number of hydrogen-bond donors (Lipinski definition) is 3. The average molecular weight is 500 g/mol. The molecule has 2 atom stereocenters. The molecule has 13 heteroatoms. The molecule has 0 radical (unpaired) electrons. The number of hydroxylamine groups is 2. The molecule has 2 aliphatic rings. The number of likely N-dealkylation sites (N-methyl/N-ethyl adjacent to an activating group) is 1. The molecule has 3 rings (SSSR count). The molecule has 1 aliphatic carbocycles. The molecule has 1 aromatic rings. The van der Waals surface area contributed by atoms with Crippen molar-refractivity contribution in [2.45, 2.75) is 51.0 Å². The van der Waals surface area contributed by atoms with Gasteiger partial charge in [-0.2, -0.15) is 14.4 Å². The Hall–Kier alpha value is -2.73. The Morgan fingerprint density at radius 1 is 1.26 bits per heavy atom. The number of anilines is 2. The number of amides is 3. The highest BCUT2D eigenvalue weighted by molar-refractivity contribution is 6.28. The van der Waals surface area contributed by atoms with Crippen LogP contribution in [0.3, 0.4) is 0 Å². The fourth-order valence-corrected chi connectivity index (χ4v) is 4.83. The quantitative estimate of drug-likeness (QED) is 0.192. The summed E-state index contributed by atoms with van der Waals surface area (Å²) < 4.78 is 15.3. The second-order valence-electron chi connectivity index (χ2n) is 8.99. The predicted molar refractivity (Wildman–Crippen MR) is 122 cm³/mol. The molecule has 2 heterocycles. The summed E-state index contributed by atoms with van der Waals surface area (Å²) in [5.74, 6) is -2.41. The van der Waals surface area contributed by atoms with Crippen LogP contribution in [0.2, 0.25) is 5.28 Å². The van der Waals surface area contributed by atoms with Crippen LogP contribution in [-0.2, 0) is 14.4 Å². The lowest BCUT2D eigenvalue weighted by molar-refractivity contribution is -0.154. The second kappa shape index (κ2) is 11.6. The van der Waals surface area contributed by atoms with Crippen LogP contribution in [0, 0.1) is 17.7 Å². The number of hydrogen-bond acceptors (Lipinski definition) is 8. The molecule has 1 aromatic heterocycles. The van der Waals surface area contributed by atoms with Crippen LogP contribution >= 0.6 is 11.6 Å². The van der Waals surface area contributed by atoms with Gasteiger partial charge in [0.2, 0.25) is 29.3 Å². The number of halogens is 2. The largest absolute Gasteiger partial charge is 0.347 e. The van der Waals surface area contributed by atoms with Gasteiger partial charge in [-0.15, -0.1) is 0 Å². The zero-order chi connectivity index (χ0) is 24.8. The van der Waals surface area contributed by atoms with Crippen molar-refractivity contribution in [2.75, 3.05) is 37.5 Å². The topological polar surface area (TPSA) is 131 Å². The molecular formula is C21H31ClFN7O4. The van der Waals surface area contributed by atoms with Crippen LogP contribution in [-0.4, -0.2) is 76.6 Å². The summed E-state index contributed by atoms with van der Waals surface area (Å²) in [4.78, 5) is 47.0. The Morgan fingerprint density at radius 3 is 2.62 bits per heavy atom. The van der Waals surface area contributed by atoms with Crippen LogP contribution < -0.4 is 15.8 Å². The Morgan fingerprint density at radius 2 is 1.97 bits per heavy atom. The molecule has 0 bridgehead atoms. The third-order valence-electron chi connectivity index (χ3n) is 6.35. The van der Waals surface area contributed by atoms with Crippen molar-refractivity contribution in [3.05, 3.63) is 11.1 Å². The molecule has 3 amide bonds. The maximum absolute atomic E-state index is 15.3. The fraction of sp³-hybridized carbons (Fsp3) is 0.667. The van der Waals surface area contributed by atoms with Gasteiger partial charge in [0.05, 0.1) is 12.5 Å². The Bertz CT molecular complexity index is 900. The molecule has 11 nitrogen and oxygen atoms in total. The van der Waals surface area contributed by atoms with Crippen molar-refractivity contribution in [3.63, 3.8) is 0 Å². The minimum atomic E-state index is -0.854. The van der Waals surface area contributed by atoms with E-state index in [1.807, 2.05) is 0 Å². The van der Waals surface area contributed by atoms with Gasteiger partial charge in [-0.1, -0.05) is 25.7 Å². The Kier molecular flexibility index (Phi) is 8.84. The number of hydrazine groups is 1. The maximum Gasteiger partial charge on any atom is 0.244 e. The molecule has 0 aromatic carbocycles. The predicted octanol–water partition coefficient (Wildman–Crippen LogP) is 1.81.